The molecule has 6 aromatic heterocycles. The van der Waals surface area contributed by atoms with Crippen molar-refractivity contribution < 1.29 is 76.3 Å². The van der Waals surface area contributed by atoms with Crippen LogP contribution in [0.1, 0.15) is 120 Å². The van der Waals surface area contributed by atoms with E-state index in [-0.39, 0.29) is 116 Å². The van der Waals surface area contributed by atoms with Crippen LogP contribution in [0.15, 0.2) is 78.1 Å². The number of fused-ring (bicyclic) bond motifs is 3. The quantitative estimate of drug-likeness (QED) is 0.0247. The number of piperidine rings is 1. The van der Waals surface area contributed by atoms with Gasteiger partial charge in [-0.15, -0.1) is 21.5 Å². The maximum atomic E-state index is 13.7. The second-order valence-corrected chi connectivity index (χ2v) is 31.0. The molecule has 7 aromatic rings. The number of benzene rings is 1. The Balaban J connectivity index is 0.436. The third-order valence-electron chi connectivity index (χ3n) is 20.3. The minimum absolute atomic E-state index is 0.0114. The van der Waals surface area contributed by atoms with Crippen LogP contribution in [-0.2, 0) is 85.3 Å². The number of thiophene rings is 1. The first-order chi connectivity index (χ1) is 57.9. The number of nitrogens with zero attached hydrogens (tertiary/aromatic N) is 14. The van der Waals surface area contributed by atoms with Crippen molar-refractivity contribution in [2.45, 2.75) is 83.5 Å². The molecule has 0 aliphatic carbocycles. The first-order valence-corrected chi connectivity index (χ1v) is 41.3. The number of anilines is 3. The van der Waals surface area contributed by atoms with Crippen molar-refractivity contribution in [3.05, 3.63) is 134 Å². The minimum atomic E-state index is -0.586. The predicted octanol–water partition coefficient (Wildman–Crippen LogP) is 2.13. The molecule has 0 bridgehead atoms. The first-order valence-electron chi connectivity index (χ1n) is 40.1. The Labute approximate surface area is 703 Å². The normalized spacial score (nSPS) is 15.4. The monoisotopic (exact) mass is 1700 g/mol. The highest BCUT2D eigenvalue weighted by Gasteiger charge is 2.35. The number of carbonyl (C=O) groups is 9. The highest BCUT2D eigenvalue weighted by molar-refractivity contribution is 7.15. The topological polar surface area (TPSA) is 438 Å². The summed E-state index contributed by atoms with van der Waals surface area (Å²) in [6.45, 7) is 17.1. The highest BCUT2D eigenvalue weighted by atomic mass is 35.5. The number of ether oxygens (including phenoxy) is 7. The van der Waals surface area contributed by atoms with Gasteiger partial charge in [-0.2, -0.15) is 0 Å². The number of likely N-dealkylation sites (tertiary alicyclic amines) is 2. The lowest BCUT2D eigenvalue weighted by Crippen LogP contribution is -2.60. The number of aromatic nitrogens is 10. The van der Waals surface area contributed by atoms with E-state index in [1.54, 1.807) is 79.4 Å². The van der Waals surface area contributed by atoms with Crippen LogP contribution in [0.3, 0.4) is 0 Å². The van der Waals surface area contributed by atoms with Gasteiger partial charge >= 0.3 is 0 Å². The maximum absolute atomic E-state index is 13.7. The smallest absolute Gasteiger partial charge is 0.291 e. The van der Waals surface area contributed by atoms with Crippen LogP contribution < -0.4 is 47.9 Å². The third-order valence-corrected chi connectivity index (χ3v) is 21.7. The molecule has 2 saturated heterocycles. The average molecular weight is 1700 g/mol. The van der Waals surface area contributed by atoms with E-state index in [2.05, 4.69) is 96.3 Å². The molecule has 39 nitrogen and oxygen atoms in total. The van der Waals surface area contributed by atoms with E-state index in [4.69, 9.17) is 49.8 Å². The molecule has 0 saturated carbocycles. The summed E-state index contributed by atoms with van der Waals surface area (Å²) in [6.07, 6.45) is 10.9. The number of aliphatic imine (C=N–C) groups is 1. The number of rotatable bonds is 47. The van der Waals surface area contributed by atoms with Gasteiger partial charge < -0.3 is 114 Å². The summed E-state index contributed by atoms with van der Waals surface area (Å²) in [5.41, 5.74) is 4.84. The molecule has 2 fully saturated rings. The van der Waals surface area contributed by atoms with Gasteiger partial charge in [-0.3, -0.25) is 52.7 Å². The van der Waals surface area contributed by atoms with E-state index in [1.807, 2.05) is 31.2 Å². The van der Waals surface area contributed by atoms with Crippen molar-refractivity contribution in [1.82, 2.24) is 94.6 Å². The Morgan fingerprint density at radius 2 is 1.12 bits per heavy atom. The van der Waals surface area contributed by atoms with Crippen molar-refractivity contribution >= 4 is 99.1 Å². The number of likely N-dealkylation sites (N-methyl/N-ethyl adjacent to an activating group) is 1. The van der Waals surface area contributed by atoms with Gasteiger partial charge in [0.05, 0.1) is 116 Å². The molecule has 0 radical (unpaired) electrons. The molecule has 41 heteroatoms. The van der Waals surface area contributed by atoms with Crippen LogP contribution in [0.25, 0.3) is 5.00 Å². The Morgan fingerprint density at radius 3 is 1.73 bits per heavy atom. The van der Waals surface area contributed by atoms with Gasteiger partial charge in [-0.1, -0.05) is 23.7 Å². The third kappa shape index (κ3) is 25.7. The van der Waals surface area contributed by atoms with E-state index in [9.17, 15) is 43.2 Å². The predicted molar refractivity (Wildman–Crippen MR) is 443 cm³/mol. The minimum Gasteiger partial charge on any atom is -0.378 e. The highest BCUT2D eigenvalue weighted by Crippen LogP contribution is 2.40. The van der Waals surface area contributed by atoms with E-state index in [0.717, 1.165) is 65.7 Å². The number of halogens is 1. The van der Waals surface area contributed by atoms with E-state index >= 15 is 0 Å². The van der Waals surface area contributed by atoms with E-state index in [1.165, 1.54) is 43.2 Å². The largest absolute Gasteiger partial charge is 0.378 e. The number of aryl methyl sites for hydroxylation is 6. The van der Waals surface area contributed by atoms with Crippen LogP contribution in [0, 0.1) is 20.8 Å². The van der Waals surface area contributed by atoms with Crippen LogP contribution >= 0.6 is 22.9 Å². The van der Waals surface area contributed by atoms with Gasteiger partial charge in [0.1, 0.15) is 28.3 Å². The molecule has 9 amide bonds. The lowest BCUT2D eigenvalue weighted by molar-refractivity contribution is -0.136. The van der Waals surface area contributed by atoms with Crippen molar-refractivity contribution in [3.8, 4) is 5.00 Å². The Bertz CT molecular complexity index is 4750. The Morgan fingerprint density at radius 1 is 0.558 bits per heavy atom. The van der Waals surface area contributed by atoms with Crippen LogP contribution in [0.4, 0.5) is 17.3 Å². The summed E-state index contributed by atoms with van der Waals surface area (Å²) >= 11 is 7.97. The number of hydrogen-bond acceptors (Lipinski definition) is 26. The fourth-order valence-corrected chi connectivity index (χ4v) is 15.1. The van der Waals surface area contributed by atoms with Gasteiger partial charge in [0, 0.05) is 184 Å². The van der Waals surface area contributed by atoms with Gasteiger partial charge in [0.15, 0.2) is 23.3 Å². The van der Waals surface area contributed by atoms with Crippen molar-refractivity contribution in [2.24, 2.45) is 33.2 Å². The molecule has 4 aliphatic rings. The Kier molecular flexibility index (Phi) is 33.5. The summed E-state index contributed by atoms with van der Waals surface area (Å²) in [7, 11) is 8.19. The number of amides is 9. The van der Waals surface area contributed by atoms with Crippen molar-refractivity contribution in [2.75, 3.05) is 181 Å². The zero-order valence-electron chi connectivity index (χ0n) is 69.0. The fraction of sp³-hybridized carbons (Fsp3) is 0.532. The SMILES string of the molecule is Cc1sc2c(c1C)C(c1ccc(Cl)cc1)=N[C@@H](CC(=O)NC1CCN(CCOCCOCCOCCOCCOCCOCCOCCNC3CN(C(=O)CCNC(=O)c4nc(NC(=O)CCNC(=O)C5=CC(NC(=O)c6nc(NC(=O)CCNC(=O)c7cc(NC(=O)c8nccn8C)cn7C)cn6C)CN5C)cn4C)C3)CC1)c1nnc(C)n1-2. The van der Waals surface area contributed by atoms with Gasteiger partial charge in [0.25, 0.3) is 29.5 Å². The molecular formula is C79H108ClN23O16S. The number of hydrogen-bond donors (Lipinski definition) is 9. The molecule has 1 unspecified atom stereocenters. The molecular weight excluding hydrogens is 1590 g/mol. The molecule has 11 rings (SSSR count). The molecule has 10 heterocycles. The van der Waals surface area contributed by atoms with Crippen LogP contribution in [0.5, 0.6) is 0 Å². The number of carbonyl (C=O) groups excluding carboxylic acids is 9. The molecule has 120 heavy (non-hydrogen) atoms. The second-order valence-electron chi connectivity index (χ2n) is 29.3. The molecule has 2 atom stereocenters. The molecule has 9 N–H and O–H groups in total. The standard InChI is InChI=1S/C79H108ClN23O16S/c1-50-51(2)120-79-68(50)69(53-9-11-54(80)12-10-53)89-59(70-95-94-52(3)103(70)79)43-66(106)86-55-16-23-101(24-17-55)26-28-114-30-32-116-34-36-118-38-40-119-39-37-117-35-33-115-31-29-113-27-22-81-58-46-102(47-58)67(107)15-20-85-76(110)72-92-62(48-99(72)7)90-64(104)13-18-84-75(109)61-42-57(45-98(61)6)88-78(112)73-93-63(49-100(73)8)91-65(105)14-19-83-74(108)60-41-56(44-97(60)5)87-77(111)71-82-21-25-96(71)4/h9-12,21,25,41-42,44,48-49,55,57-59,81H,13-20,22-24,26-40,43,45-47H2,1-8H3,(H,83,108)(H,84,109)(H,85,110)(H,86,106)(H,87,111)(H,88,112)(H,90,104)(H,91,105)/t57?,59-/m0/s1. The fourth-order valence-electron chi connectivity index (χ4n) is 13.8. The summed E-state index contributed by atoms with van der Waals surface area (Å²) in [6, 6.07) is 8.29. The number of nitrogens with one attached hydrogen (secondary N) is 9. The zero-order valence-corrected chi connectivity index (χ0v) is 70.5. The summed E-state index contributed by atoms with van der Waals surface area (Å²) in [4.78, 5) is 142. The molecule has 0 spiro atoms. The van der Waals surface area contributed by atoms with Crippen molar-refractivity contribution in [1.29, 1.82) is 0 Å². The van der Waals surface area contributed by atoms with E-state index < -0.39 is 53.4 Å². The second kappa shape index (κ2) is 44.6. The summed E-state index contributed by atoms with van der Waals surface area (Å²) < 4.78 is 47.7. The first kappa shape index (κ1) is 90.1. The zero-order chi connectivity index (χ0) is 85.2. The molecule has 1 aromatic carbocycles. The van der Waals surface area contributed by atoms with E-state index in [0.29, 0.717) is 129 Å². The molecule has 4 aliphatic heterocycles. The van der Waals surface area contributed by atoms with Gasteiger partial charge in [-0.25, -0.2) is 15.0 Å². The summed E-state index contributed by atoms with van der Waals surface area (Å²) in [5, 5.41) is 36.2. The van der Waals surface area contributed by atoms with Crippen LogP contribution in [0.2, 0.25) is 5.02 Å². The molecule has 648 valence electrons. The van der Waals surface area contributed by atoms with Crippen molar-refractivity contribution in [3.63, 3.8) is 0 Å². The lowest BCUT2D eigenvalue weighted by Gasteiger charge is -2.40. The summed E-state index contributed by atoms with van der Waals surface area (Å²) in [5.74, 6) is -1.73. The maximum Gasteiger partial charge on any atom is 0.291 e. The average Bonchev–Trinajstić information content (AvgIpc) is 1.59. The van der Waals surface area contributed by atoms with Gasteiger partial charge in [-0.05, 0) is 63.5 Å². The lowest BCUT2D eigenvalue weighted by atomic mass is 9.99. The number of imidazole rings is 3. The van der Waals surface area contributed by atoms with Gasteiger partial charge in [0.2, 0.25) is 35.3 Å². The van der Waals surface area contributed by atoms with Crippen LogP contribution in [-0.4, -0.2) is 305 Å². The Hall–Kier alpha value is -10.7.